The number of aromatic amines is 2. The number of rotatable bonds is 2. The third-order valence-corrected chi connectivity index (χ3v) is 3.50. The van der Waals surface area contributed by atoms with Crippen molar-refractivity contribution in [3.63, 3.8) is 0 Å². The van der Waals surface area contributed by atoms with Crippen LogP contribution < -0.4 is 5.56 Å². The molecule has 0 bridgehead atoms. The fourth-order valence-corrected chi connectivity index (χ4v) is 2.47. The average Bonchev–Trinajstić information content (AvgIpc) is 2.85. The standard InChI is InChI=1S/C14H15N5O3/c1-14(2)3-8(20)7(9(21)4-14)5-15-13-18-11-10(12(22)19-13)16-6-17-11/h5-6,20H,3-4H2,1-2H3,(H2,16,17,18,19,22). The molecular formula is C14H15N5O3. The first kappa shape index (κ1) is 14.2. The minimum absolute atomic E-state index is 0.00759. The van der Waals surface area contributed by atoms with Gasteiger partial charge in [0.2, 0.25) is 5.95 Å². The molecule has 8 heteroatoms. The number of aliphatic hydroxyl groups excluding tert-OH is 1. The van der Waals surface area contributed by atoms with Crippen LogP contribution in [0.5, 0.6) is 0 Å². The predicted molar refractivity (Wildman–Crippen MR) is 80.3 cm³/mol. The molecule has 1 aliphatic rings. The zero-order valence-corrected chi connectivity index (χ0v) is 12.2. The summed E-state index contributed by atoms with van der Waals surface area (Å²) in [7, 11) is 0. The predicted octanol–water partition coefficient (Wildman–Crippen LogP) is 1.55. The highest BCUT2D eigenvalue weighted by Crippen LogP contribution is 2.35. The van der Waals surface area contributed by atoms with Crippen LogP contribution in [0.15, 0.2) is 27.4 Å². The number of carbonyl (C=O) groups excluding carboxylic acids is 1. The third-order valence-electron chi connectivity index (χ3n) is 3.50. The van der Waals surface area contributed by atoms with Crippen molar-refractivity contribution in [3.05, 3.63) is 28.0 Å². The highest BCUT2D eigenvalue weighted by molar-refractivity contribution is 6.14. The van der Waals surface area contributed by atoms with Crippen LogP contribution in [0.25, 0.3) is 11.2 Å². The van der Waals surface area contributed by atoms with Crippen LogP contribution in [-0.2, 0) is 4.79 Å². The molecule has 2 aromatic heterocycles. The number of allylic oxidation sites excluding steroid dienone is 2. The number of nitrogens with zero attached hydrogens (tertiary/aromatic N) is 3. The molecule has 0 fully saturated rings. The van der Waals surface area contributed by atoms with E-state index in [-0.39, 0.29) is 39.6 Å². The highest BCUT2D eigenvalue weighted by atomic mass is 16.3. The summed E-state index contributed by atoms with van der Waals surface area (Å²) in [6.07, 6.45) is 3.34. The minimum atomic E-state index is -0.399. The van der Waals surface area contributed by atoms with E-state index in [0.29, 0.717) is 12.8 Å². The molecule has 3 rings (SSSR count). The molecule has 0 amide bonds. The number of hydrogen-bond acceptors (Lipinski definition) is 6. The van der Waals surface area contributed by atoms with Crippen LogP contribution in [0.1, 0.15) is 26.7 Å². The summed E-state index contributed by atoms with van der Waals surface area (Å²) in [6.45, 7) is 3.83. The number of ketones is 1. The van der Waals surface area contributed by atoms with Gasteiger partial charge in [0.05, 0.1) is 11.9 Å². The van der Waals surface area contributed by atoms with Gasteiger partial charge in [-0.3, -0.25) is 14.6 Å². The summed E-state index contributed by atoms with van der Waals surface area (Å²) in [5, 5.41) is 10.0. The van der Waals surface area contributed by atoms with Crippen molar-refractivity contribution in [2.45, 2.75) is 26.7 Å². The highest BCUT2D eigenvalue weighted by Gasteiger charge is 2.32. The van der Waals surface area contributed by atoms with Gasteiger partial charge in [-0.1, -0.05) is 13.8 Å². The van der Waals surface area contributed by atoms with Gasteiger partial charge in [0.25, 0.3) is 5.56 Å². The van der Waals surface area contributed by atoms with Gasteiger partial charge >= 0.3 is 0 Å². The van der Waals surface area contributed by atoms with E-state index in [1.807, 2.05) is 13.8 Å². The molecule has 8 nitrogen and oxygen atoms in total. The van der Waals surface area contributed by atoms with E-state index in [0.717, 1.165) is 0 Å². The fourth-order valence-electron chi connectivity index (χ4n) is 2.47. The second-order valence-corrected chi connectivity index (χ2v) is 6.05. The summed E-state index contributed by atoms with van der Waals surface area (Å²) in [5.74, 6) is -0.142. The molecule has 0 atom stereocenters. The Morgan fingerprint density at radius 2 is 2.14 bits per heavy atom. The SMILES string of the molecule is CC1(C)CC(=O)C(C=Nc2nc3nc[nH]c3c(=O)[nH]2)=C(O)C1. The monoisotopic (exact) mass is 301 g/mol. The fraction of sp³-hybridized carbons (Fsp3) is 0.357. The Hall–Kier alpha value is -2.77. The summed E-state index contributed by atoms with van der Waals surface area (Å²) >= 11 is 0. The molecule has 2 heterocycles. The van der Waals surface area contributed by atoms with Crippen molar-refractivity contribution in [1.82, 2.24) is 19.9 Å². The third kappa shape index (κ3) is 2.54. The van der Waals surface area contributed by atoms with Crippen molar-refractivity contribution in [2.24, 2.45) is 10.4 Å². The number of imidazole rings is 1. The smallest absolute Gasteiger partial charge is 0.278 e. The molecule has 0 spiro atoms. The number of H-pyrrole nitrogens is 2. The molecule has 1 aliphatic carbocycles. The topological polar surface area (TPSA) is 124 Å². The Morgan fingerprint density at radius 3 is 2.86 bits per heavy atom. The molecule has 2 aromatic rings. The van der Waals surface area contributed by atoms with Crippen LogP contribution in [0.4, 0.5) is 5.95 Å². The van der Waals surface area contributed by atoms with Gasteiger partial charge in [0.15, 0.2) is 16.9 Å². The number of nitrogens with one attached hydrogen (secondary N) is 2. The summed E-state index contributed by atoms with van der Waals surface area (Å²) in [5.41, 5.74) is -0.00582. The van der Waals surface area contributed by atoms with Gasteiger partial charge in [0.1, 0.15) is 5.76 Å². The lowest BCUT2D eigenvalue weighted by atomic mass is 9.77. The molecule has 0 unspecified atom stereocenters. The lowest BCUT2D eigenvalue weighted by Gasteiger charge is -2.28. The molecule has 114 valence electrons. The number of hydrogen-bond donors (Lipinski definition) is 3. The summed E-state index contributed by atoms with van der Waals surface area (Å²) in [6, 6.07) is 0. The van der Waals surface area contributed by atoms with E-state index in [2.05, 4.69) is 24.9 Å². The van der Waals surface area contributed by atoms with E-state index in [1.165, 1.54) is 12.5 Å². The normalized spacial score (nSPS) is 18.5. The number of aliphatic imine (C=N–C) groups is 1. The van der Waals surface area contributed by atoms with Crippen LogP contribution in [0.2, 0.25) is 0 Å². The molecule has 0 saturated carbocycles. The molecular weight excluding hydrogens is 286 g/mol. The van der Waals surface area contributed by atoms with Crippen molar-refractivity contribution in [1.29, 1.82) is 0 Å². The molecule has 22 heavy (non-hydrogen) atoms. The second-order valence-electron chi connectivity index (χ2n) is 6.05. The first-order valence-electron chi connectivity index (χ1n) is 6.78. The largest absolute Gasteiger partial charge is 0.511 e. The lowest BCUT2D eigenvalue weighted by Crippen LogP contribution is -2.26. The summed E-state index contributed by atoms with van der Waals surface area (Å²) in [4.78, 5) is 40.9. The number of fused-ring (bicyclic) bond motifs is 1. The Bertz CT molecular complexity index is 872. The number of carbonyl (C=O) groups is 1. The van der Waals surface area contributed by atoms with Gasteiger partial charge in [-0.25, -0.2) is 9.98 Å². The van der Waals surface area contributed by atoms with Gasteiger partial charge in [-0.05, 0) is 5.41 Å². The lowest BCUT2D eigenvalue weighted by molar-refractivity contribution is -0.117. The number of aliphatic hydroxyl groups is 1. The van der Waals surface area contributed by atoms with Crippen molar-refractivity contribution >= 4 is 29.1 Å². The Labute approximate surface area is 125 Å². The van der Waals surface area contributed by atoms with Gasteiger partial charge in [-0.2, -0.15) is 4.98 Å². The molecule has 0 radical (unpaired) electrons. The van der Waals surface area contributed by atoms with Gasteiger partial charge in [-0.15, -0.1) is 0 Å². The zero-order valence-electron chi connectivity index (χ0n) is 12.2. The van der Waals surface area contributed by atoms with Crippen LogP contribution in [-0.4, -0.2) is 37.0 Å². The number of aromatic nitrogens is 4. The maximum Gasteiger partial charge on any atom is 0.278 e. The van der Waals surface area contributed by atoms with E-state index < -0.39 is 5.56 Å². The van der Waals surface area contributed by atoms with E-state index in [9.17, 15) is 14.7 Å². The van der Waals surface area contributed by atoms with E-state index in [4.69, 9.17) is 0 Å². The average molecular weight is 301 g/mol. The molecule has 3 N–H and O–H groups in total. The molecule has 0 aromatic carbocycles. The molecule has 0 aliphatic heterocycles. The number of Topliss-reactive ketones (excluding diaryl/α,β-unsaturated/α-hetero) is 1. The Morgan fingerprint density at radius 1 is 1.36 bits per heavy atom. The van der Waals surface area contributed by atoms with Crippen molar-refractivity contribution in [3.8, 4) is 0 Å². The Kier molecular flexibility index (Phi) is 3.16. The minimum Gasteiger partial charge on any atom is -0.511 e. The van der Waals surface area contributed by atoms with Crippen LogP contribution in [0, 0.1) is 5.41 Å². The maximum absolute atomic E-state index is 12.1. The Balaban J connectivity index is 1.96. The second kappa shape index (κ2) is 4.90. The van der Waals surface area contributed by atoms with Gasteiger partial charge in [0, 0.05) is 19.1 Å². The van der Waals surface area contributed by atoms with Crippen LogP contribution in [0.3, 0.4) is 0 Å². The van der Waals surface area contributed by atoms with Gasteiger partial charge < -0.3 is 10.1 Å². The maximum atomic E-state index is 12.1. The zero-order chi connectivity index (χ0) is 15.9. The van der Waals surface area contributed by atoms with E-state index >= 15 is 0 Å². The van der Waals surface area contributed by atoms with E-state index in [1.54, 1.807) is 0 Å². The summed E-state index contributed by atoms with van der Waals surface area (Å²) < 4.78 is 0. The first-order chi connectivity index (χ1) is 10.4. The first-order valence-corrected chi connectivity index (χ1v) is 6.78. The van der Waals surface area contributed by atoms with Crippen molar-refractivity contribution in [2.75, 3.05) is 0 Å². The molecule has 0 saturated heterocycles. The van der Waals surface area contributed by atoms with Crippen molar-refractivity contribution < 1.29 is 9.90 Å². The van der Waals surface area contributed by atoms with Crippen LogP contribution >= 0.6 is 0 Å². The quantitative estimate of drug-likeness (QED) is 0.726.